The van der Waals surface area contributed by atoms with Crippen LogP contribution in [0.2, 0.25) is 0 Å². The molecule has 3 heterocycles. The first kappa shape index (κ1) is 23.5. The van der Waals surface area contributed by atoms with Crippen LogP contribution in [0.3, 0.4) is 0 Å². The molecule has 2 aliphatic rings. The van der Waals surface area contributed by atoms with Crippen molar-refractivity contribution in [1.82, 2.24) is 4.90 Å². The number of likely N-dealkylation sites (tertiary alicyclic amines) is 1. The third kappa shape index (κ3) is 4.77. The number of aliphatic hydroxyl groups is 1. The average molecular weight is 482 g/mol. The molecule has 1 aromatic heterocycles. The highest BCUT2D eigenvalue weighted by molar-refractivity contribution is 7.19. The van der Waals surface area contributed by atoms with Gasteiger partial charge in [0.25, 0.3) is 0 Å². The molecule has 0 radical (unpaired) electrons. The van der Waals surface area contributed by atoms with Gasteiger partial charge in [0.15, 0.2) is 11.5 Å². The molecule has 3 aromatic rings. The Hall–Kier alpha value is -2.28. The van der Waals surface area contributed by atoms with Crippen molar-refractivity contribution in [2.45, 2.75) is 51.2 Å². The van der Waals surface area contributed by atoms with Crippen LogP contribution in [0.25, 0.3) is 10.1 Å². The lowest BCUT2D eigenvalue weighted by molar-refractivity contribution is 0.0479. The average Bonchev–Trinajstić information content (AvgIpc) is 3.37. The summed E-state index contributed by atoms with van der Waals surface area (Å²) < 4.78 is 18.9. The molecule has 0 unspecified atom stereocenters. The van der Waals surface area contributed by atoms with Crippen molar-refractivity contribution >= 4 is 21.4 Å². The van der Waals surface area contributed by atoms with E-state index in [4.69, 9.17) is 14.2 Å². The van der Waals surface area contributed by atoms with Gasteiger partial charge in [-0.05, 0) is 62.9 Å². The predicted octanol–water partition coefficient (Wildman–Crippen LogP) is 5.49. The Labute approximate surface area is 206 Å². The Kier molecular flexibility index (Phi) is 6.49. The molecule has 1 fully saturated rings. The predicted molar refractivity (Wildman–Crippen MR) is 138 cm³/mol. The van der Waals surface area contributed by atoms with Gasteiger partial charge in [-0.25, -0.2) is 0 Å². The highest BCUT2D eigenvalue weighted by Crippen LogP contribution is 2.43. The molecule has 34 heavy (non-hydrogen) atoms. The number of rotatable bonds is 7. The topological polar surface area (TPSA) is 51.2 Å². The molecular formula is C28H35NO4S. The smallest absolute Gasteiger partial charge is 0.165 e. The number of piperidine rings is 1. The summed E-state index contributed by atoms with van der Waals surface area (Å²) in [6.45, 7) is 9.36. The van der Waals surface area contributed by atoms with Gasteiger partial charge in [-0.2, -0.15) is 0 Å². The standard InChI is InChI=1S/C28H35NO4S/c1-18-15-29(12-11-21(18)26-13-22-23(31-4)8-6-10-25(22)34-26)16-20(30)17-32-24-9-5-7-19-14-28(2,3)33-27(19)24/h5-10,13,18,20-21,30H,11-12,14-17H2,1-4H3/t18-,20+,21+/m1/s1. The molecule has 0 spiro atoms. The lowest BCUT2D eigenvalue weighted by Gasteiger charge is -2.37. The number of hydrogen-bond acceptors (Lipinski definition) is 6. The number of ether oxygens (including phenoxy) is 3. The molecule has 5 rings (SSSR count). The highest BCUT2D eigenvalue weighted by Gasteiger charge is 2.33. The first-order valence-electron chi connectivity index (χ1n) is 12.2. The summed E-state index contributed by atoms with van der Waals surface area (Å²) in [7, 11) is 1.74. The van der Waals surface area contributed by atoms with E-state index in [2.05, 4.69) is 49.9 Å². The van der Waals surface area contributed by atoms with Crippen LogP contribution in [0.1, 0.15) is 43.6 Å². The van der Waals surface area contributed by atoms with Crippen molar-refractivity contribution in [2.24, 2.45) is 5.92 Å². The third-order valence-corrected chi connectivity index (χ3v) is 8.30. The zero-order chi connectivity index (χ0) is 23.9. The maximum atomic E-state index is 10.7. The highest BCUT2D eigenvalue weighted by atomic mass is 32.1. The van der Waals surface area contributed by atoms with E-state index in [0.29, 0.717) is 18.4 Å². The molecule has 2 aliphatic heterocycles. The number of fused-ring (bicyclic) bond motifs is 2. The summed E-state index contributed by atoms with van der Waals surface area (Å²) in [5.74, 6) is 3.57. The van der Waals surface area contributed by atoms with Crippen LogP contribution < -0.4 is 14.2 Å². The van der Waals surface area contributed by atoms with Gasteiger partial charge in [0.1, 0.15) is 24.1 Å². The lowest BCUT2D eigenvalue weighted by atomic mass is 9.85. The quantitative estimate of drug-likeness (QED) is 0.484. The van der Waals surface area contributed by atoms with Crippen molar-refractivity contribution in [1.29, 1.82) is 0 Å². The zero-order valence-electron chi connectivity index (χ0n) is 20.5. The summed E-state index contributed by atoms with van der Waals surface area (Å²) in [4.78, 5) is 3.81. The minimum Gasteiger partial charge on any atom is -0.496 e. The Bertz CT molecular complexity index is 1160. The fourth-order valence-electron chi connectivity index (χ4n) is 5.47. The SMILES string of the molecule is COc1cccc2sc([C@H]3CCN(C[C@H](O)COc4cccc5c4OC(C)(C)C5)C[C@H]3C)cc12. The molecule has 0 amide bonds. The summed E-state index contributed by atoms with van der Waals surface area (Å²) in [6.07, 6.45) is 1.43. The largest absolute Gasteiger partial charge is 0.496 e. The first-order chi connectivity index (χ1) is 16.3. The fourth-order valence-corrected chi connectivity index (χ4v) is 6.82. The van der Waals surface area contributed by atoms with E-state index in [1.54, 1.807) is 7.11 Å². The second-order valence-electron chi connectivity index (χ2n) is 10.4. The van der Waals surface area contributed by atoms with Gasteiger partial charge in [0.2, 0.25) is 0 Å². The molecule has 182 valence electrons. The van der Waals surface area contributed by atoms with Crippen LogP contribution in [0.4, 0.5) is 0 Å². The van der Waals surface area contributed by atoms with Crippen LogP contribution in [0.5, 0.6) is 17.2 Å². The van der Waals surface area contributed by atoms with E-state index < -0.39 is 6.10 Å². The summed E-state index contributed by atoms with van der Waals surface area (Å²) in [5, 5.41) is 11.9. The molecule has 2 aromatic carbocycles. The molecule has 0 bridgehead atoms. The van der Waals surface area contributed by atoms with E-state index >= 15 is 0 Å². The Morgan fingerprint density at radius 2 is 2.00 bits per heavy atom. The molecule has 1 N–H and O–H groups in total. The van der Waals surface area contributed by atoms with Crippen molar-refractivity contribution in [3.63, 3.8) is 0 Å². The van der Waals surface area contributed by atoms with Gasteiger partial charge in [-0.1, -0.05) is 25.1 Å². The van der Waals surface area contributed by atoms with Crippen molar-refractivity contribution < 1.29 is 19.3 Å². The van der Waals surface area contributed by atoms with E-state index in [1.165, 1.54) is 20.5 Å². The lowest BCUT2D eigenvalue weighted by Crippen LogP contribution is -2.43. The number of hydrogen-bond donors (Lipinski definition) is 1. The first-order valence-corrected chi connectivity index (χ1v) is 13.0. The number of aliphatic hydroxyl groups excluding tert-OH is 1. The minimum atomic E-state index is -0.539. The monoisotopic (exact) mass is 481 g/mol. The maximum absolute atomic E-state index is 10.7. The number of para-hydroxylation sites is 1. The Balaban J connectivity index is 1.16. The molecule has 0 saturated carbocycles. The molecule has 6 heteroatoms. The van der Waals surface area contributed by atoms with Gasteiger partial charge in [-0.15, -0.1) is 11.3 Å². The summed E-state index contributed by atoms with van der Waals surface area (Å²) >= 11 is 1.89. The minimum absolute atomic E-state index is 0.208. The second kappa shape index (κ2) is 9.40. The number of β-amino-alcohol motifs (C(OH)–C–C–N with tert-alkyl or cyclic N) is 1. The van der Waals surface area contributed by atoms with Crippen molar-refractivity contribution in [3.8, 4) is 17.2 Å². The van der Waals surface area contributed by atoms with E-state index in [0.717, 1.165) is 43.2 Å². The van der Waals surface area contributed by atoms with Gasteiger partial charge in [0, 0.05) is 40.0 Å². The van der Waals surface area contributed by atoms with Crippen LogP contribution in [0.15, 0.2) is 42.5 Å². The summed E-state index contributed by atoms with van der Waals surface area (Å²) in [5.41, 5.74) is 0.965. The van der Waals surface area contributed by atoms with Crippen LogP contribution in [0, 0.1) is 5.92 Å². The maximum Gasteiger partial charge on any atom is 0.165 e. The van der Waals surface area contributed by atoms with E-state index in [1.807, 2.05) is 29.5 Å². The fraction of sp³-hybridized carbons (Fsp3) is 0.500. The third-order valence-electron chi connectivity index (χ3n) is 7.07. The zero-order valence-corrected chi connectivity index (χ0v) is 21.4. The van der Waals surface area contributed by atoms with Gasteiger partial charge in [0.05, 0.1) is 7.11 Å². The summed E-state index contributed by atoms with van der Waals surface area (Å²) in [6, 6.07) is 14.6. The van der Waals surface area contributed by atoms with Crippen molar-refractivity contribution in [3.05, 3.63) is 52.9 Å². The number of benzene rings is 2. The molecular weight excluding hydrogens is 446 g/mol. The van der Waals surface area contributed by atoms with Gasteiger partial charge in [-0.3, -0.25) is 0 Å². The molecule has 0 aliphatic carbocycles. The van der Waals surface area contributed by atoms with Crippen molar-refractivity contribution in [2.75, 3.05) is 33.4 Å². The Morgan fingerprint density at radius 3 is 2.79 bits per heavy atom. The normalized spacial score (nSPS) is 22.9. The molecule has 1 saturated heterocycles. The van der Waals surface area contributed by atoms with Crippen LogP contribution in [-0.4, -0.2) is 55.1 Å². The second-order valence-corrected chi connectivity index (χ2v) is 11.5. The molecule has 3 atom stereocenters. The van der Waals surface area contributed by atoms with Crippen LogP contribution >= 0.6 is 11.3 Å². The van der Waals surface area contributed by atoms with Gasteiger partial charge < -0.3 is 24.2 Å². The number of thiophene rings is 1. The number of methoxy groups -OCH3 is 1. The van der Waals surface area contributed by atoms with Gasteiger partial charge >= 0.3 is 0 Å². The Morgan fingerprint density at radius 1 is 1.21 bits per heavy atom. The molecule has 5 nitrogen and oxygen atoms in total. The van der Waals surface area contributed by atoms with Crippen LogP contribution in [-0.2, 0) is 6.42 Å². The number of nitrogens with zero attached hydrogens (tertiary/aromatic N) is 1. The van der Waals surface area contributed by atoms with E-state index in [-0.39, 0.29) is 12.2 Å². The van der Waals surface area contributed by atoms with E-state index in [9.17, 15) is 5.11 Å².